The van der Waals surface area contributed by atoms with Gasteiger partial charge in [-0.05, 0) is 56.6 Å². The fourth-order valence-corrected chi connectivity index (χ4v) is 6.12. The zero-order valence-electron chi connectivity index (χ0n) is 26.1. The van der Waals surface area contributed by atoms with Crippen LogP contribution in [0.5, 0.6) is 0 Å². The number of nitrogens with one attached hydrogen (secondary N) is 4. The van der Waals surface area contributed by atoms with E-state index < -0.39 is 0 Å². The first-order chi connectivity index (χ1) is 23.2. The van der Waals surface area contributed by atoms with Crippen LogP contribution in [0.3, 0.4) is 0 Å². The van der Waals surface area contributed by atoms with Gasteiger partial charge in [-0.25, -0.2) is 9.97 Å². The van der Waals surface area contributed by atoms with Gasteiger partial charge in [0.1, 0.15) is 0 Å². The summed E-state index contributed by atoms with van der Waals surface area (Å²) in [5, 5.41) is 12.4. The van der Waals surface area contributed by atoms with Crippen LogP contribution in [-0.4, -0.2) is 52.9 Å². The summed E-state index contributed by atoms with van der Waals surface area (Å²) in [6.45, 7) is 2.78. The number of benzene rings is 4. The molecule has 7 rings (SSSR count). The van der Waals surface area contributed by atoms with Crippen LogP contribution in [-0.2, 0) is 0 Å². The third-order valence-corrected chi connectivity index (χ3v) is 8.47. The van der Waals surface area contributed by atoms with Gasteiger partial charge in [-0.2, -0.15) is 0 Å². The van der Waals surface area contributed by atoms with Crippen LogP contribution >= 0.6 is 0 Å². The standard InChI is InChI=1S/C39H36N6O2/c46-38(30-25-34(26-13-2-1-3-14-26)43-31-18-7-4-15-27(30)31)41-23-11-10-21-40-22-12-24-42-39(47)35-28-16-5-8-19-32(28)44-36-29-17-6-9-20-33(29)45-37(35)36/h1-9,13-20,25,40,45H,10-12,21-24H2,(H,41,46)(H,42,47). The summed E-state index contributed by atoms with van der Waals surface area (Å²) in [7, 11) is 0. The molecule has 3 aromatic heterocycles. The molecule has 47 heavy (non-hydrogen) atoms. The van der Waals surface area contributed by atoms with Crippen molar-refractivity contribution >= 4 is 55.6 Å². The van der Waals surface area contributed by atoms with E-state index in [4.69, 9.17) is 9.97 Å². The molecular formula is C39H36N6O2. The molecular weight excluding hydrogens is 584 g/mol. The molecule has 0 fully saturated rings. The highest BCUT2D eigenvalue weighted by Crippen LogP contribution is 2.31. The third-order valence-electron chi connectivity index (χ3n) is 8.47. The fourth-order valence-electron chi connectivity index (χ4n) is 6.12. The fraction of sp³-hybridized carbons (Fsp3) is 0.179. The van der Waals surface area contributed by atoms with E-state index in [1.54, 1.807) is 0 Å². The van der Waals surface area contributed by atoms with Gasteiger partial charge >= 0.3 is 0 Å². The van der Waals surface area contributed by atoms with E-state index in [1.165, 1.54) is 0 Å². The molecule has 0 aliphatic rings. The molecule has 0 bridgehead atoms. The number of aromatic nitrogens is 3. The lowest BCUT2D eigenvalue weighted by Gasteiger charge is -2.11. The van der Waals surface area contributed by atoms with Gasteiger partial charge in [0.15, 0.2) is 0 Å². The second-order valence-corrected chi connectivity index (χ2v) is 11.7. The minimum atomic E-state index is -0.103. The number of carbonyl (C=O) groups excluding carboxylic acids is 2. The first kappa shape index (κ1) is 30.1. The zero-order chi connectivity index (χ0) is 32.0. The predicted molar refractivity (Wildman–Crippen MR) is 190 cm³/mol. The van der Waals surface area contributed by atoms with Gasteiger partial charge in [-0.15, -0.1) is 0 Å². The Hall–Kier alpha value is -5.60. The van der Waals surface area contributed by atoms with Crippen LogP contribution in [0.2, 0.25) is 0 Å². The molecule has 0 saturated heterocycles. The normalized spacial score (nSPS) is 11.4. The Morgan fingerprint density at radius 3 is 2.04 bits per heavy atom. The highest BCUT2D eigenvalue weighted by Gasteiger charge is 2.19. The van der Waals surface area contributed by atoms with Gasteiger partial charge in [-0.3, -0.25) is 9.59 Å². The van der Waals surface area contributed by atoms with Crippen molar-refractivity contribution in [1.82, 2.24) is 30.9 Å². The average molecular weight is 621 g/mol. The molecule has 8 nitrogen and oxygen atoms in total. The number of hydrogen-bond acceptors (Lipinski definition) is 5. The lowest BCUT2D eigenvalue weighted by atomic mass is 10.0. The van der Waals surface area contributed by atoms with Crippen LogP contribution in [0.15, 0.2) is 109 Å². The number of amides is 2. The Balaban J connectivity index is 0.872. The Labute approximate surface area is 272 Å². The lowest BCUT2D eigenvalue weighted by Crippen LogP contribution is -2.28. The second kappa shape index (κ2) is 13.8. The van der Waals surface area contributed by atoms with Crippen LogP contribution < -0.4 is 16.0 Å². The molecule has 7 aromatic rings. The maximum Gasteiger partial charge on any atom is 0.254 e. The van der Waals surface area contributed by atoms with Crippen molar-refractivity contribution in [3.63, 3.8) is 0 Å². The van der Waals surface area contributed by atoms with Crippen molar-refractivity contribution in [3.05, 3.63) is 120 Å². The number of pyridine rings is 2. The van der Waals surface area contributed by atoms with Crippen molar-refractivity contribution in [1.29, 1.82) is 0 Å². The number of rotatable bonds is 12. The van der Waals surface area contributed by atoms with Crippen molar-refractivity contribution in [2.75, 3.05) is 26.2 Å². The van der Waals surface area contributed by atoms with E-state index in [2.05, 4.69) is 20.9 Å². The van der Waals surface area contributed by atoms with Crippen molar-refractivity contribution < 1.29 is 9.59 Å². The van der Waals surface area contributed by atoms with E-state index >= 15 is 0 Å². The van der Waals surface area contributed by atoms with Crippen molar-refractivity contribution in [2.45, 2.75) is 19.3 Å². The summed E-state index contributed by atoms with van der Waals surface area (Å²) in [5.41, 5.74) is 7.19. The average Bonchev–Trinajstić information content (AvgIpc) is 3.49. The number of aromatic amines is 1. The largest absolute Gasteiger partial charge is 0.353 e. The lowest BCUT2D eigenvalue weighted by molar-refractivity contribution is 0.0946. The minimum Gasteiger partial charge on any atom is -0.353 e. The monoisotopic (exact) mass is 620 g/mol. The number of hydrogen-bond donors (Lipinski definition) is 4. The van der Waals surface area contributed by atoms with E-state index in [9.17, 15) is 9.59 Å². The zero-order valence-corrected chi connectivity index (χ0v) is 26.1. The Morgan fingerprint density at radius 1 is 0.596 bits per heavy atom. The molecule has 4 aromatic carbocycles. The number of nitrogens with zero attached hydrogens (tertiary/aromatic N) is 2. The maximum absolute atomic E-state index is 13.5. The number of H-pyrrole nitrogens is 1. The topological polar surface area (TPSA) is 112 Å². The van der Waals surface area contributed by atoms with Crippen LogP contribution in [0.4, 0.5) is 0 Å². The number of unbranched alkanes of at least 4 members (excludes halogenated alkanes) is 1. The molecule has 0 saturated carbocycles. The molecule has 4 N–H and O–H groups in total. The van der Waals surface area contributed by atoms with E-state index in [-0.39, 0.29) is 11.8 Å². The van der Waals surface area contributed by atoms with Crippen molar-refractivity contribution in [3.8, 4) is 11.3 Å². The molecule has 0 aliphatic heterocycles. The molecule has 234 valence electrons. The molecule has 3 heterocycles. The molecule has 0 aliphatic carbocycles. The van der Waals surface area contributed by atoms with Crippen LogP contribution in [0, 0.1) is 0 Å². The van der Waals surface area contributed by atoms with Gasteiger partial charge < -0.3 is 20.9 Å². The van der Waals surface area contributed by atoms with Gasteiger partial charge in [-0.1, -0.05) is 84.9 Å². The molecule has 2 amide bonds. The smallest absolute Gasteiger partial charge is 0.254 e. The summed E-state index contributed by atoms with van der Waals surface area (Å²) in [4.78, 5) is 39.7. The van der Waals surface area contributed by atoms with Crippen LogP contribution in [0.1, 0.15) is 40.0 Å². The first-order valence-corrected chi connectivity index (χ1v) is 16.2. The van der Waals surface area contributed by atoms with Crippen molar-refractivity contribution in [2.24, 2.45) is 0 Å². The third kappa shape index (κ3) is 6.41. The highest BCUT2D eigenvalue weighted by atomic mass is 16.2. The Bertz CT molecular complexity index is 2210. The maximum atomic E-state index is 13.5. The molecule has 0 atom stereocenters. The molecule has 0 radical (unpaired) electrons. The summed E-state index contributed by atoms with van der Waals surface area (Å²) in [5.74, 6) is -0.190. The SMILES string of the molecule is O=C(NCCCCNCCCNC(=O)c1c2ccccc2nc2c1[nH]c1ccccc12)c1cc(-c2ccccc2)nc2ccccc12. The van der Waals surface area contributed by atoms with Crippen LogP contribution in [0.25, 0.3) is 55.0 Å². The number of para-hydroxylation sites is 3. The Morgan fingerprint density at radius 2 is 1.21 bits per heavy atom. The summed E-state index contributed by atoms with van der Waals surface area (Å²) in [6, 6.07) is 35.4. The summed E-state index contributed by atoms with van der Waals surface area (Å²) in [6.07, 6.45) is 2.60. The number of fused-ring (bicyclic) bond motifs is 5. The van der Waals surface area contributed by atoms with Gasteiger partial charge in [0.05, 0.1) is 38.9 Å². The second-order valence-electron chi connectivity index (χ2n) is 11.7. The number of carbonyl (C=O) groups is 2. The molecule has 8 heteroatoms. The molecule has 0 unspecified atom stereocenters. The highest BCUT2D eigenvalue weighted by molar-refractivity contribution is 6.20. The van der Waals surface area contributed by atoms with Gasteiger partial charge in [0.2, 0.25) is 0 Å². The van der Waals surface area contributed by atoms with Gasteiger partial charge in [0.25, 0.3) is 11.8 Å². The Kier molecular flexibility index (Phi) is 8.83. The van der Waals surface area contributed by atoms with Gasteiger partial charge in [0, 0.05) is 40.3 Å². The quantitative estimate of drug-likeness (QED) is 0.110. The molecule has 0 spiro atoms. The predicted octanol–water partition coefficient (Wildman–Crippen LogP) is 7.00. The minimum absolute atomic E-state index is 0.0869. The van der Waals surface area contributed by atoms with E-state index in [1.807, 2.05) is 109 Å². The van der Waals surface area contributed by atoms with E-state index in [0.717, 1.165) is 87.4 Å². The summed E-state index contributed by atoms with van der Waals surface area (Å²) >= 11 is 0. The van der Waals surface area contributed by atoms with E-state index in [0.29, 0.717) is 24.2 Å². The summed E-state index contributed by atoms with van der Waals surface area (Å²) < 4.78 is 0. The first-order valence-electron chi connectivity index (χ1n) is 16.2.